The summed E-state index contributed by atoms with van der Waals surface area (Å²) in [6.45, 7) is 6.42. The maximum Gasteiger partial charge on any atom is 0.410 e. The van der Waals surface area contributed by atoms with Crippen LogP contribution in [0.2, 0.25) is 0 Å². The predicted molar refractivity (Wildman–Crippen MR) is 84.3 cm³/mol. The highest BCUT2D eigenvalue weighted by Gasteiger charge is 2.33. The molecule has 126 valence electrons. The maximum atomic E-state index is 12.0. The molecular formula is C17H23NO5. The monoisotopic (exact) mass is 321 g/mol. The van der Waals surface area contributed by atoms with E-state index in [1.165, 1.54) is 12.1 Å². The lowest BCUT2D eigenvalue weighted by Gasteiger charge is -2.25. The third-order valence-corrected chi connectivity index (χ3v) is 3.82. The Kier molecular flexibility index (Phi) is 4.94. The number of hydrogen-bond donors (Lipinski definition) is 2. The van der Waals surface area contributed by atoms with Gasteiger partial charge >= 0.3 is 12.1 Å². The number of aliphatic hydroxyl groups is 1. The van der Waals surface area contributed by atoms with Gasteiger partial charge in [-0.2, -0.15) is 0 Å². The number of ether oxygens (including phenoxy) is 1. The fourth-order valence-corrected chi connectivity index (χ4v) is 2.63. The number of benzene rings is 1. The molecule has 1 saturated heterocycles. The van der Waals surface area contributed by atoms with Gasteiger partial charge in [0, 0.05) is 19.0 Å². The van der Waals surface area contributed by atoms with Gasteiger partial charge in [0.2, 0.25) is 0 Å². The van der Waals surface area contributed by atoms with Crippen molar-refractivity contribution in [1.29, 1.82) is 0 Å². The van der Waals surface area contributed by atoms with E-state index in [9.17, 15) is 14.7 Å². The van der Waals surface area contributed by atoms with Crippen LogP contribution in [-0.4, -0.2) is 45.9 Å². The highest BCUT2D eigenvalue weighted by molar-refractivity contribution is 5.87. The second-order valence-electron chi connectivity index (χ2n) is 6.85. The fraction of sp³-hybridized carbons (Fsp3) is 0.529. The van der Waals surface area contributed by atoms with Gasteiger partial charge in [0.05, 0.1) is 11.7 Å². The van der Waals surface area contributed by atoms with Crippen molar-refractivity contribution in [2.75, 3.05) is 13.1 Å². The van der Waals surface area contributed by atoms with Crippen LogP contribution in [0.5, 0.6) is 0 Å². The number of carbonyl (C=O) groups excluding carboxylic acids is 1. The number of amides is 1. The van der Waals surface area contributed by atoms with Crippen molar-refractivity contribution in [2.45, 2.75) is 38.9 Å². The minimum atomic E-state index is -0.997. The molecule has 2 N–H and O–H groups in total. The number of carbonyl (C=O) groups is 2. The minimum absolute atomic E-state index is 0.0850. The standard InChI is InChI=1S/C17H23NO5/c1-17(2,3)23-16(22)18-9-8-13(10-18)14(19)11-4-6-12(7-5-11)15(20)21/h4-7,13-14,19H,8-10H2,1-3H3,(H,20,21). The van der Waals surface area contributed by atoms with Crippen molar-refractivity contribution in [2.24, 2.45) is 5.92 Å². The first-order chi connectivity index (χ1) is 10.7. The molecule has 1 amide bonds. The van der Waals surface area contributed by atoms with Crippen molar-refractivity contribution in [3.63, 3.8) is 0 Å². The van der Waals surface area contributed by atoms with Crippen LogP contribution in [0.1, 0.15) is 49.2 Å². The summed E-state index contributed by atoms with van der Waals surface area (Å²) in [5.74, 6) is -1.08. The molecule has 6 heteroatoms. The van der Waals surface area contributed by atoms with Gasteiger partial charge in [0.25, 0.3) is 0 Å². The summed E-state index contributed by atoms with van der Waals surface area (Å²) in [7, 11) is 0. The topological polar surface area (TPSA) is 87.1 Å². The number of aromatic carboxylic acids is 1. The van der Waals surface area contributed by atoms with E-state index in [1.54, 1.807) is 17.0 Å². The molecule has 1 aromatic carbocycles. The van der Waals surface area contributed by atoms with Gasteiger partial charge in [-0.1, -0.05) is 12.1 Å². The largest absolute Gasteiger partial charge is 0.478 e. The smallest absolute Gasteiger partial charge is 0.410 e. The first-order valence-electron chi connectivity index (χ1n) is 7.66. The van der Waals surface area contributed by atoms with Gasteiger partial charge in [-0.3, -0.25) is 0 Å². The number of carboxylic acid groups (broad SMARTS) is 1. The number of carboxylic acids is 1. The number of nitrogens with zero attached hydrogens (tertiary/aromatic N) is 1. The van der Waals surface area contributed by atoms with Crippen LogP contribution in [0.4, 0.5) is 4.79 Å². The second kappa shape index (κ2) is 6.58. The highest BCUT2D eigenvalue weighted by Crippen LogP contribution is 2.30. The van der Waals surface area contributed by atoms with Gasteiger partial charge in [0.1, 0.15) is 5.60 Å². The van der Waals surface area contributed by atoms with Crippen molar-refractivity contribution in [3.05, 3.63) is 35.4 Å². The Balaban J connectivity index is 1.98. The van der Waals surface area contributed by atoms with Crippen molar-refractivity contribution in [1.82, 2.24) is 4.90 Å². The van der Waals surface area contributed by atoms with E-state index in [2.05, 4.69) is 0 Å². The zero-order chi connectivity index (χ0) is 17.2. The average Bonchev–Trinajstić information content (AvgIpc) is 2.94. The molecule has 0 radical (unpaired) electrons. The molecule has 0 spiro atoms. The van der Waals surface area contributed by atoms with E-state index in [0.29, 0.717) is 25.1 Å². The average molecular weight is 321 g/mol. The predicted octanol–water partition coefficient (Wildman–Crippen LogP) is 2.68. The van der Waals surface area contributed by atoms with E-state index in [0.717, 1.165) is 0 Å². The third kappa shape index (κ3) is 4.45. The first kappa shape index (κ1) is 17.3. The summed E-state index contributed by atoms with van der Waals surface area (Å²) in [6.07, 6.45) is -0.417. The number of aliphatic hydroxyl groups excluding tert-OH is 1. The van der Waals surface area contributed by atoms with Crippen molar-refractivity contribution >= 4 is 12.1 Å². The molecule has 2 atom stereocenters. The molecule has 0 saturated carbocycles. The van der Waals surface area contributed by atoms with Gasteiger partial charge in [-0.05, 0) is 44.9 Å². The van der Waals surface area contributed by atoms with E-state index in [1.807, 2.05) is 20.8 Å². The van der Waals surface area contributed by atoms with E-state index >= 15 is 0 Å². The van der Waals surface area contributed by atoms with Crippen LogP contribution >= 0.6 is 0 Å². The Bertz CT molecular complexity index is 576. The first-order valence-corrected chi connectivity index (χ1v) is 7.66. The van der Waals surface area contributed by atoms with Crippen molar-refractivity contribution < 1.29 is 24.5 Å². The molecule has 0 aromatic heterocycles. The van der Waals surface area contributed by atoms with E-state index < -0.39 is 17.7 Å². The molecule has 1 aromatic rings. The summed E-state index contributed by atoms with van der Waals surface area (Å²) >= 11 is 0. The third-order valence-electron chi connectivity index (χ3n) is 3.82. The molecule has 1 aliphatic heterocycles. The molecule has 1 aliphatic rings. The molecular weight excluding hydrogens is 298 g/mol. The number of hydrogen-bond acceptors (Lipinski definition) is 4. The second-order valence-corrected chi connectivity index (χ2v) is 6.85. The van der Waals surface area contributed by atoms with Crippen molar-refractivity contribution in [3.8, 4) is 0 Å². The summed E-state index contributed by atoms with van der Waals surface area (Å²) in [6, 6.07) is 6.18. The fourth-order valence-electron chi connectivity index (χ4n) is 2.63. The van der Waals surface area contributed by atoms with Crippen LogP contribution in [0.3, 0.4) is 0 Å². The van der Waals surface area contributed by atoms with Crippen LogP contribution < -0.4 is 0 Å². The number of rotatable bonds is 3. The normalized spacial score (nSPS) is 19.5. The molecule has 2 rings (SSSR count). The molecule has 1 heterocycles. The van der Waals surface area contributed by atoms with Gasteiger partial charge in [-0.15, -0.1) is 0 Å². The molecule has 23 heavy (non-hydrogen) atoms. The van der Waals surface area contributed by atoms with Gasteiger partial charge in [0.15, 0.2) is 0 Å². The Morgan fingerprint density at radius 3 is 2.39 bits per heavy atom. The summed E-state index contributed by atoms with van der Waals surface area (Å²) in [5.41, 5.74) is 0.300. The van der Waals surface area contributed by atoms with E-state index in [4.69, 9.17) is 9.84 Å². The lowest BCUT2D eigenvalue weighted by Crippen LogP contribution is -2.35. The minimum Gasteiger partial charge on any atom is -0.478 e. The molecule has 0 aliphatic carbocycles. The highest BCUT2D eigenvalue weighted by atomic mass is 16.6. The molecule has 6 nitrogen and oxygen atoms in total. The van der Waals surface area contributed by atoms with Gasteiger partial charge < -0.3 is 19.8 Å². The van der Waals surface area contributed by atoms with Crippen LogP contribution in [0.25, 0.3) is 0 Å². The van der Waals surface area contributed by atoms with Crippen LogP contribution in [-0.2, 0) is 4.74 Å². The summed E-state index contributed by atoms with van der Waals surface area (Å²) in [5, 5.41) is 19.3. The zero-order valence-electron chi connectivity index (χ0n) is 13.7. The SMILES string of the molecule is CC(C)(C)OC(=O)N1CCC(C(O)c2ccc(C(=O)O)cc2)C1. The summed E-state index contributed by atoms with van der Waals surface area (Å²) < 4.78 is 5.34. The molecule has 2 unspecified atom stereocenters. The number of likely N-dealkylation sites (tertiary alicyclic amines) is 1. The van der Waals surface area contributed by atoms with Crippen LogP contribution in [0, 0.1) is 5.92 Å². The lowest BCUT2D eigenvalue weighted by atomic mass is 9.94. The van der Waals surface area contributed by atoms with Gasteiger partial charge in [-0.25, -0.2) is 9.59 Å². The Labute approximate surface area is 135 Å². The Morgan fingerprint density at radius 1 is 1.26 bits per heavy atom. The Hall–Kier alpha value is -2.08. The van der Waals surface area contributed by atoms with Crippen LogP contribution in [0.15, 0.2) is 24.3 Å². The molecule has 1 fully saturated rings. The quantitative estimate of drug-likeness (QED) is 0.894. The molecule has 0 bridgehead atoms. The zero-order valence-corrected chi connectivity index (χ0v) is 13.7. The summed E-state index contributed by atoms with van der Waals surface area (Å²) in [4.78, 5) is 24.5. The Morgan fingerprint density at radius 2 is 1.87 bits per heavy atom. The van der Waals surface area contributed by atoms with E-state index in [-0.39, 0.29) is 17.6 Å². The lowest BCUT2D eigenvalue weighted by molar-refractivity contribution is 0.0267. The maximum absolute atomic E-state index is 12.0.